The van der Waals surface area contributed by atoms with Gasteiger partial charge in [-0.2, -0.15) is 4.68 Å². The lowest BCUT2D eigenvalue weighted by Crippen LogP contribution is -2.15. The molecule has 0 unspecified atom stereocenters. The van der Waals surface area contributed by atoms with Crippen LogP contribution in [0.25, 0.3) is 5.69 Å². The fourth-order valence-corrected chi connectivity index (χ4v) is 3.33. The lowest BCUT2D eigenvalue weighted by molar-refractivity contribution is -0.113. The summed E-state index contributed by atoms with van der Waals surface area (Å²) in [5, 5.41) is 15.1. The number of ether oxygens (including phenoxy) is 1. The second-order valence-electron chi connectivity index (χ2n) is 5.37. The number of anilines is 1. The Labute approximate surface area is 163 Å². The summed E-state index contributed by atoms with van der Waals surface area (Å²) in [6.07, 6.45) is 0. The predicted molar refractivity (Wildman–Crippen MR) is 104 cm³/mol. The molecule has 0 fully saturated rings. The van der Waals surface area contributed by atoms with E-state index >= 15 is 0 Å². The quantitative estimate of drug-likeness (QED) is 0.599. The van der Waals surface area contributed by atoms with E-state index < -0.39 is 0 Å². The number of amides is 1. The van der Waals surface area contributed by atoms with Crippen LogP contribution in [0.1, 0.15) is 5.56 Å². The van der Waals surface area contributed by atoms with Crippen molar-refractivity contribution in [3.63, 3.8) is 0 Å². The smallest absolute Gasteiger partial charge is 0.234 e. The number of hydrogen-bond donors (Lipinski definition) is 1. The van der Waals surface area contributed by atoms with Crippen molar-refractivity contribution in [2.75, 3.05) is 18.2 Å². The Morgan fingerprint density at radius 3 is 2.88 bits per heavy atom. The van der Waals surface area contributed by atoms with Gasteiger partial charge in [0.2, 0.25) is 11.1 Å². The topological polar surface area (TPSA) is 81.9 Å². The van der Waals surface area contributed by atoms with E-state index in [4.69, 9.17) is 4.74 Å². The van der Waals surface area contributed by atoms with E-state index in [0.29, 0.717) is 10.9 Å². The van der Waals surface area contributed by atoms with E-state index in [1.165, 1.54) is 11.8 Å². The van der Waals surface area contributed by atoms with Gasteiger partial charge in [-0.25, -0.2) is 0 Å². The molecule has 1 amide bonds. The number of aromatic nitrogens is 4. The van der Waals surface area contributed by atoms with Crippen molar-refractivity contribution >= 4 is 39.3 Å². The number of thioether (sulfide) groups is 1. The number of tetrazole rings is 1. The predicted octanol–water partition coefficient (Wildman–Crippen LogP) is 3.47. The first-order chi connectivity index (χ1) is 12.6. The second-order valence-corrected chi connectivity index (χ2v) is 7.16. The van der Waals surface area contributed by atoms with Crippen LogP contribution in [0, 0.1) is 6.92 Å². The lowest BCUT2D eigenvalue weighted by Gasteiger charge is -2.10. The highest BCUT2D eigenvalue weighted by Crippen LogP contribution is 2.27. The van der Waals surface area contributed by atoms with Gasteiger partial charge in [-0.05, 0) is 63.1 Å². The molecule has 9 heteroatoms. The molecular weight excluding hydrogens is 418 g/mol. The van der Waals surface area contributed by atoms with Crippen molar-refractivity contribution in [3.8, 4) is 11.4 Å². The first-order valence-electron chi connectivity index (χ1n) is 7.69. The first kappa shape index (κ1) is 18.4. The Kier molecular flexibility index (Phi) is 5.89. The summed E-state index contributed by atoms with van der Waals surface area (Å²) >= 11 is 4.66. The number of hydrogen-bond acceptors (Lipinski definition) is 6. The maximum atomic E-state index is 12.2. The normalized spacial score (nSPS) is 10.6. The zero-order valence-corrected chi connectivity index (χ0v) is 16.5. The summed E-state index contributed by atoms with van der Waals surface area (Å²) in [6, 6.07) is 13.2. The fraction of sp³-hybridized carbons (Fsp3) is 0.176. The Morgan fingerprint density at radius 2 is 2.12 bits per heavy atom. The average molecular weight is 434 g/mol. The number of aryl methyl sites for hydroxylation is 1. The third-order valence-electron chi connectivity index (χ3n) is 3.48. The van der Waals surface area contributed by atoms with Gasteiger partial charge < -0.3 is 10.1 Å². The number of carbonyl (C=O) groups excluding carboxylic acids is 1. The van der Waals surface area contributed by atoms with E-state index in [-0.39, 0.29) is 11.7 Å². The SMILES string of the molecule is COc1ccc(C)cc1-n1nnnc1SCC(=O)Nc1ccccc1Br. The third kappa shape index (κ3) is 4.23. The Balaban J connectivity index is 1.73. The average Bonchev–Trinajstić information content (AvgIpc) is 3.10. The van der Waals surface area contributed by atoms with E-state index in [1.807, 2.05) is 49.4 Å². The number of halogens is 1. The highest BCUT2D eigenvalue weighted by Gasteiger charge is 2.15. The van der Waals surface area contributed by atoms with Crippen molar-refractivity contribution < 1.29 is 9.53 Å². The summed E-state index contributed by atoms with van der Waals surface area (Å²) in [7, 11) is 1.59. The summed E-state index contributed by atoms with van der Waals surface area (Å²) in [5.74, 6) is 0.686. The molecular formula is C17H16BrN5O2S. The number of nitrogens with one attached hydrogen (secondary N) is 1. The zero-order chi connectivity index (χ0) is 18.5. The lowest BCUT2D eigenvalue weighted by atomic mass is 10.2. The molecule has 1 N–H and O–H groups in total. The molecule has 1 aromatic heterocycles. The van der Waals surface area contributed by atoms with Gasteiger partial charge in [-0.15, -0.1) is 5.10 Å². The molecule has 134 valence electrons. The van der Waals surface area contributed by atoms with Crippen LogP contribution in [0.2, 0.25) is 0 Å². The number of para-hydroxylation sites is 1. The molecule has 0 saturated heterocycles. The molecule has 3 rings (SSSR count). The van der Waals surface area contributed by atoms with Crippen molar-refractivity contribution in [2.24, 2.45) is 0 Å². The Morgan fingerprint density at radius 1 is 1.31 bits per heavy atom. The summed E-state index contributed by atoms with van der Waals surface area (Å²) in [6.45, 7) is 1.98. The molecule has 0 saturated carbocycles. The van der Waals surface area contributed by atoms with Crippen molar-refractivity contribution in [2.45, 2.75) is 12.1 Å². The van der Waals surface area contributed by atoms with Crippen LogP contribution in [-0.4, -0.2) is 39.0 Å². The molecule has 0 spiro atoms. The van der Waals surface area contributed by atoms with Gasteiger partial charge >= 0.3 is 0 Å². The number of carbonyl (C=O) groups is 1. The summed E-state index contributed by atoms with van der Waals surface area (Å²) in [4.78, 5) is 12.2. The standard InChI is InChI=1S/C17H16BrN5O2S/c1-11-7-8-15(25-2)14(9-11)23-17(20-21-22-23)26-10-16(24)19-13-6-4-3-5-12(13)18/h3-9H,10H2,1-2H3,(H,19,24). The summed E-state index contributed by atoms with van der Waals surface area (Å²) in [5.41, 5.74) is 2.50. The van der Waals surface area contributed by atoms with Gasteiger partial charge in [-0.3, -0.25) is 4.79 Å². The van der Waals surface area contributed by atoms with E-state index in [1.54, 1.807) is 11.8 Å². The molecule has 2 aromatic carbocycles. The molecule has 0 aliphatic carbocycles. The van der Waals surface area contributed by atoms with Gasteiger partial charge in [0.1, 0.15) is 11.4 Å². The molecule has 0 radical (unpaired) electrons. The minimum Gasteiger partial charge on any atom is -0.494 e. The minimum atomic E-state index is -0.146. The van der Waals surface area contributed by atoms with E-state index in [9.17, 15) is 4.79 Å². The highest BCUT2D eigenvalue weighted by molar-refractivity contribution is 9.10. The first-order valence-corrected chi connectivity index (χ1v) is 9.47. The molecule has 26 heavy (non-hydrogen) atoms. The monoisotopic (exact) mass is 433 g/mol. The van der Waals surface area contributed by atoms with Crippen LogP contribution < -0.4 is 10.1 Å². The minimum absolute atomic E-state index is 0.146. The molecule has 0 aliphatic rings. The van der Waals surface area contributed by atoms with Gasteiger partial charge in [-0.1, -0.05) is 30.0 Å². The number of benzene rings is 2. The van der Waals surface area contributed by atoms with Gasteiger partial charge in [0, 0.05) is 4.47 Å². The van der Waals surface area contributed by atoms with Crippen molar-refractivity contribution in [1.29, 1.82) is 0 Å². The molecule has 3 aromatic rings. The van der Waals surface area contributed by atoms with Crippen LogP contribution in [0.5, 0.6) is 5.75 Å². The van der Waals surface area contributed by atoms with Gasteiger partial charge in [0.15, 0.2) is 0 Å². The summed E-state index contributed by atoms with van der Waals surface area (Å²) < 4.78 is 7.78. The van der Waals surface area contributed by atoms with Crippen LogP contribution >= 0.6 is 27.7 Å². The second kappa shape index (κ2) is 8.33. The Hall–Kier alpha value is -2.39. The molecule has 0 bridgehead atoms. The maximum absolute atomic E-state index is 12.2. The third-order valence-corrected chi connectivity index (χ3v) is 5.09. The van der Waals surface area contributed by atoms with Gasteiger partial charge in [0.05, 0.1) is 18.6 Å². The number of nitrogens with zero attached hydrogens (tertiary/aromatic N) is 4. The molecule has 1 heterocycles. The number of methoxy groups -OCH3 is 1. The largest absolute Gasteiger partial charge is 0.494 e. The van der Waals surface area contributed by atoms with Crippen LogP contribution in [-0.2, 0) is 4.79 Å². The molecule has 7 nitrogen and oxygen atoms in total. The van der Waals surface area contributed by atoms with Gasteiger partial charge in [0.25, 0.3) is 0 Å². The van der Waals surface area contributed by atoms with Crippen LogP contribution in [0.4, 0.5) is 5.69 Å². The maximum Gasteiger partial charge on any atom is 0.234 e. The molecule has 0 atom stereocenters. The highest BCUT2D eigenvalue weighted by atomic mass is 79.9. The number of rotatable bonds is 6. The fourth-order valence-electron chi connectivity index (χ4n) is 2.26. The zero-order valence-electron chi connectivity index (χ0n) is 14.1. The van der Waals surface area contributed by atoms with E-state index in [2.05, 4.69) is 36.8 Å². The Bertz CT molecular complexity index is 931. The van der Waals surface area contributed by atoms with Crippen LogP contribution in [0.15, 0.2) is 52.1 Å². The molecule has 0 aliphatic heterocycles. The van der Waals surface area contributed by atoms with E-state index in [0.717, 1.165) is 21.4 Å². The van der Waals surface area contributed by atoms with Crippen molar-refractivity contribution in [3.05, 3.63) is 52.5 Å². The van der Waals surface area contributed by atoms with Crippen molar-refractivity contribution in [1.82, 2.24) is 20.2 Å². The van der Waals surface area contributed by atoms with Crippen LogP contribution in [0.3, 0.4) is 0 Å².